The molecule has 6 heteroatoms. The van der Waals surface area contributed by atoms with Crippen LogP contribution in [0, 0.1) is 5.82 Å². The van der Waals surface area contributed by atoms with Crippen LogP contribution in [-0.4, -0.2) is 17.1 Å². The number of nitrogens with one attached hydrogen (secondary N) is 1. The van der Waals surface area contributed by atoms with Crippen molar-refractivity contribution in [1.82, 2.24) is 9.97 Å². The summed E-state index contributed by atoms with van der Waals surface area (Å²) in [4.78, 5) is 7.91. The van der Waals surface area contributed by atoms with E-state index >= 15 is 0 Å². The number of halogens is 2. The summed E-state index contributed by atoms with van der Waals surface area (Å²) in [6.07, 6.45) is 1.39. The molecule has 0 amide bonds. The highest BCUT2D eigenvalue weighted by Gasteiger charge is 2.04. The van der Waals surface area contributed by atoms with Crippen molar-refractivity contribution in [2.24, 2.45) is 0 Å². The molecule has 2 rings (SSSR count). The van der Waals surface area contributed by atoms with Gasteiger partial charge in [0.1, 0.15) is 18.0 Å². The second-order valence-corrected chi connectivity index (χ2v) is 4.45. The molecule has 0 atom stereocenters. The van der Waals surface area contributed by atoms with Crippen molar-refractivity contribution in [3.63, 3.8) is 0 Å². The number of aromatic nitrogens is 2. The minimum atomic E-state index is -0.258. The molecule has 94 valence electrons. The summed E-state index contributed by atoms with van der Waals surface area (Å²) in [6, 6.07) is 6.45. The van der Waals surface area contributed by atoms with Crippen LogP contribution in [0.25, 0.3) is 0 Å². The Morgan fingerprint density at radius 3 is 2.94 bits per heavy atom. The van der Waals surface area contributed by atoms with E-state index < -0.39 is 0 Å². The van der Waals surface area contributed by atoms with E-state index in [-0.39, 0.29) is 5.82 Å². The molecular weight excluding hydrogens is 301 g/mol. The fourth-order valence-corrected chi connectivity index (χ4v) is 1.82. The fourth-order valence-electron chi connectivity index (χ4n) is 1.41. The minimum Gasteiger partial charge on any atom is -0.481 e. The molecule has 0 saturated carbocycles. The molecule has 0 saturated heterocycles. The summed E-state index contributed by atoms with van der Waals surface area (Å²) in [7, 11) is 1.53. The lowest BCUT2D eigenvalue weighted by Crippen LogP contribution is -2.04. The minimum absolute atomic E-state index is 0.258. The van der Waals surface area contributed by atoms with Crippen LogP contribution in [-0.2, 0) is 6.54 Å². The molecule has 0 fully saturated rings. The number of nitrogens with zero attached hydrogens (tertiary/aromatic N) is 2. The molecule has 0 bridgehead atoms. The molecule has 1 aromatic carbocycles. The largest absolute Gasteiger partial charge is 0.481 e. The second kappa shape index (κ2) is 5.77. The summed E-state index contributed by atoms with van der Waals surface area (Å²) >= 11 is 3.31. The predicted molar refractivity (Wildman–Crippen MR) is 70.0 cm³/mol. The molecule has 0 spiro atoms. The average Bonchev–Trinajstić information content (AvgIpc) is 2.40. The third-order valence-electron chi connectivity index (χ3n) is 2.32. The van der Waals surface area contributed by atoms with Crippen LogP contribution < -0.4 is 10.1 Å². The normalized spacial score (nSPS) is 10.2. The van der Waals surface area contributed by atoms with Crippen LogP contribution in [0.5, 0.6) is 5.88 Å². The van der Waals surface area contributed by atoms with Gasteiger partial charge in [0.05, 0.1) is 7.11 Å². The van der Waals surface area contributed by atoms with Gasteiger partial charge in [-0.05, 0) is 18.2 Å². The Labute approximate surface area is 112 Å². The number of ether oxygens (including phenoxy) is 1. The van der Waals surface area contributed by atoms with E-state index in [1.54, 1.807) is 18.2 Å². The Morgan fingerprint density at radius 2 is 2.17 bits per heavy atom. The van der Waals surface area contributed by atoms with Crippen molar-refractivity contribution in [2.75, 3.05) is 12.4 Å². The molecule has 1 aromatic heterocycles. The van der Waals surface area contributed by atoms with Gasteiger partial charge in [-0.15, -0.1) is 0 Å². The number of benzene rings is 1. The third kappa shape index (κ3) is 3.16. The first-order chi connectivity index (χ1) is 8.69. The maximum Gasteiger partial charge on any atom is 0.218 e. The van der Waals surface area contributed by atoms with Gasteiger partial charge >= 0.3 is 0 Å². The smallest absolute Gasteiger partial charge is 0.218 e. The van der Waals surface area contributed by atoms with E-state index in [9.17, 15) is 4.39 Å². The molecule has 4 nitrogen and oxygen atoms in total. The third-order valence-corrected chi connectivity index (χ3v) is 2.81. The standard InChI is InChI=1S/C12H11BrFN3O/c1-18-12-5-11(16-7-17-12)15-6-8-4-9(13)2-3-10(8)14/h2-5,7H,6H2,1H3,(H,15,16,17). The fraction of sp³-hybridized carbons (Fsp3) is 0.167. The van der Waals surface area contributed by atoms with Gasteiger partial charge in [-0.3, -0.25) is 0 Å². The van der Waals surface area contributed by atoms with Gasteiger partial charge in [-0.2, -0.15) is 0 Å². The van der Waals surface area contributed by atoms with Gasteiger partial charge in [0, 0.05) is 22.6 Å². The lowest BCUT2D eigenvalue weighted by atomic mass is 10.2. The first-order valence-electron chi connectivity index (χ1n) is 5.23. The number of rotatable bonds is 4. The van der Waals surface area contributed by atoms with Crippen LogP contribution in [0.4, 0.5) is 10.2 Å². The lowest BCUT2D eigenvalue weighted by molar-refractivity contribution is 0.397. The number of methoxy groups -OCH3 is 1. The zero-order valence-corrected chi connectivity index (χ0v) is 11.2. The summed E-state index contributed by atoms with van der Waals surface area (Å²) in [5, 5.41) is 3.01. The maximum absolute atomic E-state index is 13.5. The molecule has 18 heavy (non-hydrogen) atoms. The Morgan fingerprint density at radius 1 is 1.33 bits per heavy atom. The van der Waals surface area contributed by atoms with Crippen molar-refractivity contribution >= 4 is 21.7 Å². The Bertz CT molecular complexity index is 551. The number of hydrogen-bond donors (Lipinski definition) is 1. The Balaban J connectivity index is 2.08. The van der Waals surface area contributed by atoms with Crippen molar-refractivity contribution in [2.45, 2.75) is 6.54 Å². The molecule has 0 radical (unpaired) electrons. The van der Waals surface area contributed by atoms with E-state index in [1.165, 1.54) is 19.5 Å². The van der Waals surface area contributed by atoms with Crippen LogP contribution in [0.15, 0.2) is 35.1 Å². The quantitative estimate of drug-likeness (QED) is 0.943. The first kappa shape index (κ1) is 12.8. The molecule has 0 unspecified atom stereocenters. The van der Waals surface area contributed by atoms with Crippen LogP contribution in [0.3, 0.4) is 0 Å². The van der Waals surface area contributed by atoms with Crippen LogP contribution >= 0.6 is 15.9 Å². The van der Waals surface area contributed by atoms with Crippen LogP contribution in [0.2, 0.25) is 0 Å². The highest BCUT2D eigenvalue weighted by molar-refractivity contribution is 9.10. The Hall–Kier alpha value is -1.69. The van der Waals surface area contributed by atoms with Gasteiger partial charge in [-0.25, -0.2) is 14.4 Å². The van der Waals surface area contributed by atoms with E-state index in [0.717, 1.165) is 4.47 Å². The topological polar surface area (TPSA) is 47.0 Å². The van der Waals surface area contributed by atoms with Crippen LogP contribution in [0.1, 0.15) is 5.56 Å². The second-order valence-electron chi connectivity index (χ2n) is 3.53. The van der Waals surface area contributed by atoms with Crippen molar-refractivity contribution < 1.29 is 9.13 Å². The Kier molecular flexibility index (Phi) is 4.09. The van der Waals surface area contributed by atoms with Gasteiger partial charge < -0.3 is 10.1 Å². The number of hydrogen-bond acceptors (Lipinski definition) is 4. The molecular formula is C12H11BrFN3O. The van der Waals surface area contributed by atoms with Gasteiger partial charge in [0.2, 0.25) is 5.88 Å². The zero-order chi connectivity index (χ0) is 13.0. The number of anilines is 1. The van der Waals surface area contributed by atoms with Gasteiger partial charge in [-0.1, -0.05) is 15.9 Å². The molecule has 1 N–H and O–H groups in total. The van der Waals surface area contributed by atoms with E-state index in [4.69, 9.17) is 4.74 Å². The van der Waals surface area contributed by atoms with Gasteiger partial charge in [0.15, 0.2) is 0 Å². The van der Waals surface area contributed by atoms with E-state index in [1.807, 2.05) is 0 Å². The molecule has 2 aromatic rings. The highest BCUT2D eigenvalue weighted by Crippen LogP contribution is 2.17. The molecule has 1 heterocycles. The molecule has 0 aliphatic heterocycles. The van der Waals surface area contributed by atoms with Crippen molar-refractivity contribution in [1.29, 1.82) is 0 Å². The summed E-state index contributed by atoms with van der Waals surface area (Å²) in [6.45, 7) is 0.339. The van der Waals surface area contributed by atoms with Crippen molar-refractivity contribution in [3.8, 4) is 5.88 Å². The molecule has 0 aliphatic carbocycles. The van der Waals surface area contributed by atoms with E-state index in [0.29, 0.717) is 23.8 Å². The first-order valence-corrected chi connectivity index (χ1v) is 6.02. The average molecular weight is 312 g/mol. The maximum atomic E-state index is 13.5. The summed E-state index contributed by atoms with van der Waals surface area (Å²) in [5.41, 5.74) is 0.557. The SMILES string of the molecule is COc1cc(NCc2cc(Br)ccc2F)ncn1. The van der Waals surface area contributed by atoms with E-state index in [2.05, 4.69) is 31.2 Å². The monoisotopic (exact) mass is 311 g/mol. The van der Waals surface area contributed by atoms with Gasteiger partial charge in [0.25, 0.3) is 0 Å². The highest BCUT2D eigenvalue weighted by atomic mass is 79.9. The molecule has 0 aliphatic rings. The lowest BCUT2D eigenvalue weighted by Gasteiger charge is -2.07. The summed E-state index contributed by atoms with van der Waals surface area (Å²) in [5.74, 6) is 0.787. The predicted octanol–water partition coefficient (Wildman–Crippen LogP) is 3.00. The summed E-state index contributed by atoms with van der Waals surface area (Å²) < 4.78 is 19.3. The van der Waals surface area contributed by atoms with Crippen molar-refractivity contribution in [3.05, 3.63) is 46.4 Å². The zero-order valence-electron chi connectivity index (χ0n) is 9.65.